The maximum absolute atomic E-state index is 13.3. The van der Waals surface area contributed by atoms with Gasteiger partial charge >= 0.3 is 0 Å². The fraction of sp³-hybridized carbons (Fsp3) is 0.500. The van der Waals surface area contributed by atoms with Crippen LogP contribution in [0.2, 0.25) is 10.0 Å². The van der Waals surface area contributed by atoms with E-state index in [4.69, 9.17) is 28.3 Å². The van der Waals surface area contributed by atoms with Gasteiger partial charge in [-0.15, -0.1) is 0 Å². The van der Waals surface area contributed by atoms with Crippen molar-refractivity contribution in [2.45, 2.75) is 38.1 Å². The molecule has 1 aliphatic heterocycles. The molecule has 1 aromatic carbocycles. The Morgan fingerprint density at radius 3 is 2.66 bits per heavy atom. The van der Waals surface area contributed by atoms with Gasteiger partial charge in [0.1, 0.15) is 5.69 Å². The number of nitrogens with two attached hydrogens (primary N) is 1. The lowest BCUT2D eigenvalue weighted by Gasteiger charge is -2.42. The Bertz CT molecular complexity index is 1150. The average Bonchev–Trinajstić information content (AvgIpc) is 3.05. The van der Waals surface area contributed by atoms with E-state index >= 15 is 0 Å². The molecule has 1 saturated heterocycles. The van der Waals surface area contributed by atoms with Crippen molar-refractivity contribution in [3.05, 3.63) is 33.9 Å². The Kier molecular flexibility index (Phi) is 7.41. The molecule has 2 amide bonds. The van der Waals surface area contributed by atoms with Crippen LogP contribution in [0.4, 0.5) is 0 Å². The van der Waals surface area contributed by atoms with Gasteiger partial charge in [0.15, 0.2) is 0 Å². The minimum absolute atomic E-state index is 0.0637. The van der Waals surface area contributed by atoms with Crippen LogP contribution in [0.15, 0.2) is 18.2 Å². The number of nitrogens with zero attached hydrogens (tertiary/aromatic N) is 2. The summed E-state index contributed by atoms with van der Waals surface area (Å²) in [4.78, 5) is 24.5. The third kappa shape index (κ3) is 5.37. The highest BCUT2D eigenvalue weighted by Gasteiger charge is 2.40. The summed E-state index contributed by atoms with van der Waals surface area (Å²) in [5, 5.41) is 12.6. The molecule has 176 valence electrons. The van der Waals surface area contributed by atoms with E-state index in [1.807, 2.05) is 0 Å². The van der Waals surface area contributed by atoms with E-state index < -0.39 is 15.7 Å². The Morgan fingerprint density at radius 1 is 1.28 bits per heavy atom. The molecule has 32 heavy (non-hydrogen) atoms. The molecule has 1 unspecified atom stereocenters. The number of nitrogens with one attached hydrogen (secondary N) is 2. The average molecular weight is 504 g/mol. The van der Waals surface area contributed by atoms with Crippen molar-refractivity contribution >= 4 is 56.1 Å². The van der Waals surface area contributed by atoms with Crippen LogP contribution < -0.4 is 15.8 Å². The molecule has 1 atom stereocenters. The van der Waals surface area contributed by atoms with Crippen LogP contribution in [0, 0.1) is 0 Å². The predicted octanol–water partition coefficient (Wildman–Crippen LogP) is 2.17. The summed E-state index contributed by atoms with van der Waals surface area (Å²) < 4.78 is 26.9. The van der Waals surface area contributed by atoms with Crippen LogP contribution in [0.25, 0.3) is 10.9 Å². The first-order valence-corrected chi connectivity index (χ1v) is 12.5. The number of fused-ring (bicyclic) bond motifs is 1. The number of amides is 2. The van der Waals surface area contributed by atoms with Gasteiger partial charge in [-0.3, -0.25) is 9.59 Å². The molecule has 12 heteroatoms. The fourth-order valence-corrected chi connectivity index (χ4v) is 5.43. The molecule has 2 aromatic rings. The van der Waals surface area contributed by atoms with Crippen molar-refractivity contribution < 1.29 is 18.0 Å². The van der Waals surface area contributed by atoms with E-state index in [-0.39, 0.29) is 18.4 Å². The van der Waals surface area contributed by atoms with Crippen LogP contribution in [0.3, 0.4) is 0 Å². The fourth-order valence-electron chi connectivity index (χ4n) is 4.24. The molecule has 1 aliphatic rings. The third-order valence-electron chi connectivity index (χ3n) is 5.83. The quantitative estimate of drug-likeness (QED) is 0.500. The molecule has 0 bridgehead atoms. The molecule has 1 aromatic heterocycles. The number of carbonyl (C=O) groups excluding carboxylic acids is 2. The maximum atomic E-state index is 13.3. The van der Waals surface area contributed by atoms with E-state index in [9.17, 15) is 18.0 Å². The predicted molar refractivity (Wildman–Crippen MR) is 125 cm³/mol. The Balaban J connectivity index is 1.89. The second-order valence-electron chi connectivity index (χ2n) is 8.19. The first kappa shape index (κ1) is 24.8. The van der Waals surface area contributed by atoms with Crippen LogP contribution in [0.5, 0.6) is 0 Å². The monoisotopic (exact) mass is 503 g/mol. The van der Waals surface area contributed by atoms with Crippen molar-refractivity contribution in [1.82, 2.24) is 19.5 Å². The molecule has 2 heterocycles. The molecule has 0 radical (unpaired) electrons. The number of piperidine rings is 1. The van der Waals surface area contributed by atoms with Crippen molar-refractivity contribution in [3.8, 4) is 0 Å². The van der Waals surface area contributed by atoms with Crippen LogP contribution >= 0.6 is 23.2 Å². The third-order valence-corrected chi connectivity index (χ3v) is 7.68. The van der Waals surface area contributed by atoms with Gasteiger partial charge in [0.2, 0.25) is 5.91 Å². The van der Waals surface area contributed by atoms with Gasteiger partial charge in [0, 0.05) is 44.5 Å². The highest BCUT2D eigenvalue weighted by Crippen LogP contribution is 2.33. The second-order valence-corrected chi connectivity index (χ2v) is 10.5. The number of aryl methyl sites for hydroxylation is 1. The Morgan fingerprint density at radius 2 is 2.00 bits per heavy atom. The number of halogens is 2. The van der Waals surface area contributed by atoms with Crippen molar-refractivity contribution in [2.24, 2.45) is 12.2 Å². The maximum Gasteiger partial charge on any atom is 0.276 e. The topological polar surface area (TPSA) is 127 Å². The van der Waals surface area contributed by atoms with Gasteiger partial charge < -0.3 is 15.2 Å². The first-order valence-electron chi connectivity index (χ1n) is 10.2. The first-order chi connectivity index (χ1) is 14.9. The zero-order valence-corrected chi connectivity index (χ0v) is 20.3. The summed E-state index contributed by atoms with van der Waals surface area (Å²) in [6.07, 6.45) is 2.17. The summed E-state index contributed by atoms with van der Waals surface area (Å²) in [5.41, 5.74) is 0.301. The van der Waals surface area contributed by atoms with Gasteiger partial charge in [-0.05, 0) is 43.9 Å². The summed E-state index contributed by atoms with van der Waals surface area (Å²) >= 11 is 12.4. The number of benzene rings is 1. The summed E-state index contributed by atoms with van der Waals surface area (Å²) in [5.74, 6) is -0.504. The van der Waals surface area contributed by atoms with E-state index in [0.717, 1.165) is 5.52 Å². The molecular formula is C20H27Cl2N5O4S. The lowest BCUT2D eigenvalue weighted by molar-refractivity contribution is -0.118. The standard InChI is InChI=1S/C20H27Cl2N5O4S/c1-13(28)24-9-3-7-20(8-4-10-27(12-20)32(23,30)31)25-19(29)17-11-14-16(26(17)2)6-5-15(21)18(14)22/h5-6,11H,3-4,7-10,12H2,1-2H3,(H,24,28)(H,25,29)(H2,23,30,31). The molecule has 9 nitrogen and oxygen atoms in total. The van der Waals surface area contributed by atoms with Gasteiger partial charge in [-0.2, -0.15) is 12.7 Å². The van der Waals surface area contributed by atoms with Gasteiger partial charge in [-0.25, -0.2) is 5.14 Å². The highest BCUT2D eigenvalue weighted by molar-refractivity contribution is 7.86. The van der Waals surface area contributed by atoms with E-state index in [0.29, 0.717) is 59.9 Å². The van der Waals surface area contributed by atoms with E-state index in [1.54, 1.807) is 29.8 Å². The number of hydrogen-bond donors (Lipinski definition) is 3. The van der Waals surface area contributed by atoms with E-state index in [2.05, 4.69) is 10.6 Å². The number of aromatic nitrogens is 1. The molecule has 3 rings (SSSR count). The minimum Gasteiger partial charge on any atom is -0.356 e. The number of carbonyl (C=O) groups is 2. The normalized spacial score (nSPS) is 19.8. The molecule has 0 aliphatic carbocycles. The summed E-state index contributed by atoms with van der Waals surface area (Å²) in [6, 6.07) is 5.12. The molecular weight excluding hydrogens is 477 g/mol. The molecule has 4 N–H and O–H groups in total. The van der Waals surface area contributed by atoms with Crippen molar-refractivity contribution in [1.29, 1.82) is 0 Å². The van der Waals surface area contributed by atoms with Gasteiger partial charge in [0.25, 0.3) is 16.1 Å². The minimum atomic E-state index is -3.91. The molecule has 1 fully saturated rings. The van der Waals surface area contributed by atoms with E-state index in [1.165, 1.54) is 11.2 Å². The Hall–Kier alpha value is -1.85. The van der Waals surface area contributed by atoms with Crippen molar-refractivity contribution in [3.63, 3.8) is 0 Å². The number of rotatable bonds is 7. The summed E-state index contributed by atoms with van der Waals surface area (Å²) in [7, 11) is -2.15. The van der Waals surface area contributed by atoms with Gasteiger partial charge in [-0.1, -0.05) is 23.2 Å². The number of hydrogen-bond acceptors (Lipinski definition) is 4. The summed E-state index contributed by atoms with van der Waals surface area (Å²) in [6.45, 7) is 2.21. The van der Waals surface area contributed by atoms with Crippen LogP contribution in [0.1, 0.15) is 43.1 Å². The lowest BCUT2D eigenvalue weighted by Crippen LogP contribution is -2.60. The zero-order valence-electron chi connectivity index (χ0n) is 18.0. The molecule has 0 saturated carbocycles. The van der Waals surface area contributed by atoms with Crippen LogP contribution in [-0.4, -0.2) is 54.3 Å². The van der Waals surface area contributed by atoms with Gasteiger partial charge in [0.05, 0.1) is 15.6 Å². The Labute approximate surface area is 197 Å². The lowest BCUT2D eigenvalue weighted by atomic mass is 9.85. The van der Waals surface area contributed by atoms with Crippen LogP contribution in [-0.2, 0) is 22.1 Å². The van der Waals surface area contributed by atoms with Crippen molar-refractivity contribution in [2.75, 3.05) is 19.6 Å². The highest BCUT2D eigenvalue weighted by atomic mass is 35.5. The SMILES string of the molecule is CC(=O)NCCCC1(NC(=O)c2cc3c(Cl)c(Cl)ccc3n2C)CCCN(S(N)(=O)=O)C1. The largest absolute Gasteiger partial charge is 0.356 e. The molecule has 0 spiro atoms. The zero-order chi connectivity index (χ0) is 23.7. The second kappa shape index (κ2) is 9.56. The smallest absolute Gasteiger partial charge is 0.276 e.